The highest BCUT2D eigenvalue weighted by molar-refractivity contribution is 6.68. The Bertz CT molecular complexity index is 1060. The van der Waals surface area contributed by atoms with Gasteiger partial charge >= 0.3 is 0 Å². The lowest BCUT2D eigenvalue weighted by molar-refractivity contribution is -0.384. The number of para-hydroxylation sites is 1. The number of nitrogens with one attached hydrogen (secondary N) is 2. The number of rotatable bonds is 7. The molecule has 0 radical (unpaired) electrons. The first-order valence-corrected chi connectivity index (χ1v) is 8.78. The Labute approximate surface area is 172 Å². The first kappa shape index (κ1) is 22.0. The quantitative estimate of drug-likeness (QED) is 0.236. The lowest BCUT2D eigenvalue weighted by atomic mass is 10.2. The minimum atomic E-state index is -0.599. The second-order valence-electron chi connectivity index (χ2n) is 6.33. The van der Waals surface area contributed by atoms with Gasteiger partial charge < -0.3 is 16.8 Å². The van der Waals surface area contributed by atoms with Crippen LogP contribution in [0.25, 0.3) is 0 Å². The fraction of sp³-hybridized carbons (Fsp3) is 0.158. The van der Waals surface area contributed by atoms with Crippen LogP contribution >= 0.6 is 0 Å². The van der Waals surface area contributed by atoms with Crippen LogP contribution < -0.4 is 22.2 Å². The number of carbonyl (C=O) groups excluding carboxylic acids is 1. The van der Waals surface area contributed by atoms with Crippen molar-refractivity contribution >= 4 is 40.4 Å². The molecular weight excluding hydrogens is 388 g/mol. The highest BCUT2D eigenvalue weighted by Gasteiger charge is 2.19. The predicted molar refractivity (Wildman–Crippen MR) is 118 cm³/mol. The molecule has 0 spiro atoms. The molecule has 0 bridgehead atoms. The number of nitrogens with zero attached hydrogens (tertiary/aromatic N) is 4. The molecule has 2 aromatic carbocycles. The fourth-order valence-electron chi connectivity index (χ4n) is 2.37. The molecule has 11 nitrogen and oxygen atoms in total. The summed E-state index contributed by atoms with van der Waals surface area (Å²) in [6, 6.07) is 11.7. The number of nitro benzene ring substituents is 1. The molecule has 0 fully saturated rings. The Balaban J connectivity index is 2.42. The molecule has 0 aliphatic heterocycles. The Hall–Kier alpha value is -4.28. The molecule has 0 aliphatic rings. The largest absolute Gasteiger partial charge is 0.369 e. The van der Waals surface area contributed by atoms with Crippen molar-refractivity contribution in [2.24, 2.45) is 26.8 Å². The maximum atomic E-state index is 12.8. The molecular formula is C19H22N8O3. The van der Waals surface area contributed by atoms with Gasteiger partial charge in [0, 0.05) is 11.8 Å². The molecule has 0 atom stereocenters. The summed E-state index contributed by atoms with van der Waals surface area (Å²) in [5, 5.41) is 25.4. The minimum absolute atomic E-state index is 0.0942. The van der Waals surface area contributed by atoms with Gasteiger partial charge in [-0.3, -0.25) is 20.3 Å². The summed E-state index contributed by atoms with van der Waals surface area (Å²) >= 11 is 0. The Morgan fingerprint density at radius 2 is 1.77 bits per heavy atom. The van der Waals surface area contributed by atoms with E-state index in [2.05, 4.69) is 26.0 Å². The van der Waals surface area contributed by atoms with Crippen LogP contribution in [0.3, 0.4) is 0 Å². The molecule has 0 aromatic heterocycles. The van der Waals surface area contributed by atoms with E-state index in [1.165, 1.54) is 19.1 Å². The van der Waals surface area contributed by atoms with E-state index >= 15 is 0 Å². The molecule has 0 unspecified atom stereocenters. The molecule has 156 valence electrons. The number of benzene rings is 2. The van der Waals surface area contributed by atoms with Gasteiger partial charge in [0.05, 0.1) is 10.6 Å². The number of anilines is 2. The maximum Gasteiger partial charge on any atom is 0.294 e. The van der Waals surface area contributed by atoms with Gasteiger partial charge in [0.15, 0.2) is 5.71 Å². The number of nitro groups is 1. The number of guanidine groups is 1. The van der Waals surface area contributed by atoms with Gasteiger partial charge in [0.1, 0.15) is 5.69 Å². The van der Waals surface area contributed by atoms with Gasteiger partial charge in [-0.2, -0.15) is 5.10 Å². The molecule has 1 amide bonds. The molecule has 30 heavy (non-hydrogen) atoms. The third-order valence-corrected chi connectivity index (χ3v) is 3.90. The first-order valence-electron chi connectivity index (χ1n) is 8.78. The van der Waals surface area contributed by atoms with E-state index in [-0.39, 0.29) is 28.8 Å². The number of hydrazone groups is 1. The van der Waals surface area contributed by atoms with Crippen molar-refractivity contribution in [3.63, 3.8) is 0 Å². The normalized spacial score (nSPS) is 11.6. The number of hydrogen-bond acceptors (Lipinski definition) is 7. The van der Waals surface area contributed by atoms with Crippen molar-refractivity contribution < 1.29 is 9.72 Å². The van der Waals surface area contributed by atoms with Crippen molar-refractivity contribution in [1.82, 2.24) is 0 Å². The second-order valence-corrected chi connectivity index (χ2v) is 6.33. The van der Waals surface area contributed by atoms with Gasteiger partial charge in [-0.05, 0) is 44.0 Å². The zero-order valence-corrected chi connectivity index (χ0v) is 16.7. The van der Waals surface area contributed by atoms with E-state index in [1.807, 2.05) is 19.1 Å². The van der Waals surface area contributed by atoms with Gasteiger partial charge in [-0.25, -0.2) is 0 Å². The van der Waals surface area contributed by atoms with Gasteiger partial charge in [0.25, 0.3) is 11.6 Å². The van der Waals surface area contributed by atoms with E-state index in [9.17, 15) is 14.9 Å². The number of hydrogen-bond donors (Lipinski definition) is 4. The van der Waals surface area contributed by atoms with E-state index in [1.54, 1.807) is 25.1 Å². The van der Waals surface area contributed by atoms with Crippen LogP contribution in [0.4, 0.5) is 17.1 Å². The Morgan fingerprint density at radius 3 is 2.40 bits per heavy atom. The number of aryl methyl sites for hydroxylation is 2. The third-order valence-electron chi connectivity index (χ3n) is 3.90. The van der Waals surface area contributed by atoms with Gasteiger partial charge in [-0.15, -0.1) is 10.2 Å². The maximum absolute atomic E-state index is 12.8. The van der Waals surface area contributed by atoms with Crippen LogP contribution in [0.1, 0.15) is 18.1 Å². The molecule has 6 N–H and O–H groups in total. The lowest BCUT2D eigenvalue weighted by Gasteiger charge is -2.10. The number of nitrogens with two attached hydrogens (primary N) is 2. The van der Waals surface area contributed by atoms with E-state index in [0.29, 0.717) is 11.3 Å². The second kappa shape index (κ2) is 9.78. The molecule has 0 saturated heterocycles. The standard InChI is InChI=1S/C19H22N8O3/c1-11-8-9-15(16(10-11)27(29)30)24-25-17(13(3)23-26-19(20)21)18(28)22-14-7-5-4-6-12(14)2/h4-10,24H,1-3H3,(H,22,28)(H4,20,21,26)/b23-13-,25-17?. The van der Waals surface area contributed by atoms with Crippen molar-refractivity contribution in [2.75, 3.05) is 10.7 Å². The molecule has 0 heterocycles. The first-order chi connectivity index (χ1) is 14.2. The van der Waals surface area contributed by atoms with Crippen LogP contribution in [0.15, 0.2) is 57.8 Å². The smallest absolute Gasteiger partial charge is 0.294 e. The predicted octanol–water partition coefficient (Wildman–Crippen LogP) is 2.27. The van der Waals surface area contributed by atoms with Gasteiger partial charge in [0.2, 0.25) is 5.96 Å². The summed E-state index contributed by atoms with van der Waals surface area (Å²) in [6.45, 7) is 5.04. The van der Waals surface area contributed by atoms with E-state index in [4.69, 9.17) is 11.5 Å². The lowest BCUT2D eigenvalue weighted by Crippen LogP contribution is -2.30. The highest BCUT2D eigenvalue weighted by Crippen LogP contribution is 2.25. The highest BCUT2D eigenvalue weighted by atomic mass is 16.6. The topological polar surface area (TPSA) is 173 Å². The van der Waals surface area contributed by atoms with Crippen LogP contribution in [0.5, 0.6) is 0 Å². The molecule has 11 heteroatoms. The van der Waals surface area contributed by atoms with Crippen LogP contribution in [-0.4, -0.2) is 28.2 Å². The summed E-state index contributed by atoms with van der Waals surface area (Å²) in [7, 11) is 0. The summed E-state index contributed by atoms with van der Waals surface area (Å²) in [5.74, 6) is -0.895. The van der Waals surface area contributed by atoms with Crippen molar-refractivity contribution in [1.29, 1.82) is 0 Å². The van der Waals surface area contributed by atoms with Crippen LogP contribution in [-0.2, 0) is 4.79 Å². The van der Waals surface area contributed by atoms with Crippen LogP contribution in [0, 0.1) is 24.0 Å². The Kier molecular flexibility index (Phi) is 7.17. The zero-order valence-electron chi connectivity index (χ0n) is 16.7. The molecule has 0 saturated carbocycles. The molecule has 2 rings (SSSR count). The average molecular weight is 410 g/mol. The summed E-state index contributed by atoms with van der Waals surface area (Å²) in [5.41, 5.74) is 15.1. The van der Waals surface area contributed by atoms with Gasteiger partial charge in [-0.1, -0.05) is 24.3 Å². The van der Waals surface area contributed by atoms with Crippen LogP contribution in [0.2, 0.25) is 0 Å². The summed E-state index contributed by atoms with van der Waals surface area (Å²) in [6.07, 6.45) is 0. The third kappa shape index (κ3) is 5.86. The minimum Gasteiger partial charge on any atom is -0.369 e. The summed E-state index contributed by atoms with van der Waals surface area (Å²) < 4.78 is 0. The number of carbonyl (C=O) groups is 1. The average Bonchev–Trinajstić information content (AvgIpc) is 2.69. The fourth-order valence-corrected chi connectivity index (χ4v) is 2.37. The summed E-state index contributed by atoms with van der Waals surface area (Å²) in [4.78, 5) is 23.6. The Morgan fingerprint density at radius 1 is 1.07 bits per heavy atom. The monoisotopic (exact) mass is 410 g/mol. The van der Waals surface area contributed by atoms with Crippen molar-refractivity contribution in [3.8, 4) is 0 Å². The molecule has 0 aliphatic carbocycles. The van der Waals surface area contributed by atoms with E-state index < -0.39 is 10.8 Å². The SMILES string of the molecule is C/C(=N/N=C(N)N)C(=NNc1ccc(C)cc1[N+](=O)[O-])C(=O)Nc1ccccc1C. The number of amides is 1. The van der Waals surface area contributed by atoms with Crippen molar-refractivity contribution in [2.45, 2.75) is 20.8 Å². The zero-order chi connectivity index (χ0) is 22.3. The van der Waals surface area contributed by atoms with Crippen molar-refractivity contribution in [3.05, 3.63) is 63.7 Å². The van der Waals surface area contributed by atoms with E-state index in [0.717, 1.165) is 5.56 Å². The molecule has 2 aromatic rings.